The molecule has 5 nitrogen and oxygen atoms in total. The largest absolute Gasteiger partial charge is 0.378 e. The molecule has 1 heterocycles. The first-order valence-electron chi connectivity index (χ1n) is 7.86. The number of carbonyl (C=O) groups excluding carboxylic acids is 1. The Bertz CT molecular complexity index is 496. The number of nitrogens with one attached hydrogen (secondary N) is 1. The van der Waals surface area contributed by atoms with Crippen molar-refractivity contribution in [1.82, 2.24) is 10.2 Å². The van der Waals surface area contributed by atoms with Gasteiger partial charge in [-0.25, -0.2) is 4.79 Å². The first-order chi connectivity index (χ1) is 10.3. The summed E-state index contributed by atoms with van der Waals surface area (Å²) in [6.07, 6.45) is 0. The number of nitrogens with zero attached hydrogens (tertiary/aromatic N) is 3. The van der Waals surface area contributed by atoms with Crippen LogP contribution in [0.4, 0.5) is 16.2 Å². The second kappa shape index (κ2) is 6.46. The average Bonchev–Trinajstić information content (AvgIpc) is 2.46. The van der Waals surface area contributed by atoms with Crippen LogP contribution in [0.5, 0.6) is 0 Å². The van der Waals surface area contributed by atoms with Crippen LogP contribution in [-0.2, 0) is 0 Å². The molecule has 0 spiro atoms. The maximum Gasteiger partial charge on any atom is 0.317 e. The summed E-state index contributed by atoms with van der Waals surface area (Å²) in [7, 11) is 4.09. The van der Waals surface area contributed by atoms with E-state index in [1.54, 1.807) is 0 Å². The van der Waals surface area contributed by atoms with Crippen molar-refractivity contribution in [2.75, 3.05) is 50.1 Å². The van der Waals surface area contributed by atoms with Crippen LogP contribution in [0, 0.1) is 0 Å². The molecule has 1 aliphatic rings. The minimum absolute atomic E-state index is 0.0371. The van der Waals surface area contributed by atoms with Crippen LogP contribution in [0.2, 0.25) is 0 Å². The summed E-state index contributed by atoms with van der Waals surface area (Å²) in [5.41, 5.74) is 2.24. The van der Waals surface area contributed by atoms with Gasteiger partial charge in [-0.15, -0.1) is 0 Å². The monoisotopic (exact) mass is 304 g/mol. The molecule has 2 rings (SSSR count). The molecule has 0 aromatic heterocycles. The van der Waals surface area contributed by atoms with Crippen molar-refractivity contribution in [2.24, 2.45) is 0 Å². The van der Waals surface area contributed by atoms with Crippen LogP contribution in [0.1, 0.15) is 20.8 Å². The van der Waals surface area contributed by atoms with E-state index in [4.69, 9.17) is 0 Å². The predicted octanol–water partition coefficient (Wildman–Crippen LogP) is 2.38. The van der Waals surface area contributed by atoms with Crippen molar-refractivity contribution >= 4 is 17.4 Å². The molecule has 1 aromatic carbocycles. The van der Waals surface area contributed by atoms with Gasteiger partial charge in [0.1, 0.15) is 0 Å². The third-order valence-corrected chi connectivity index (χ3v) is 3.78. The van der Waals surface area contributed by atoms with Crippen molar-refractivity contribution in [3.05, 3.63) is 24.3 Å². The molecule has 1 fully saturated rings. The zero-order valence-electron chi connectivity index (χ0n) is 14.4. The van der Waals surface area contributed by atoms with Crippen molar-refractivity contribution in [3.63, 3.8) is 0 Å². The zero-order valence-corrected chi connectivity index (χ0v) is 14.4. The van der Waals surface area contributed by atoms with E-state index in [1.807, 2.05) is 39.8 Å². The van der Waals surface area contributed by atoms with Gasteiger partial charge in [-0.3, -0.25) is 0 Å². The summed E-state index contributed by atoms with van der Waals surface area (Å²) in [4.78, 5) is 18.5. The summed E-state index contributed by atoms with van der Waals surface area (Å²) in [5.74, 6) is 0. The second-order valence-electron chi connectivity index (χ2n) is 7.07. The van der Waals surface area contributed by atoms with Crippen molar-refractivity contribution < 1.29 is 4.79 Å². The van der Waals surface area contributed by atoms with Gasteiger partial charge in [-0.05, 0) is 45.0 Å². The fraction of sp³-hybridized carbons (Fsp3) is 0.588. The Labute approximate surface area is 133 Å². The zero-order chi connectivity index (χ0) is 16.3. The van der Waals surface area contributed by atoms with E-state index in [0.29, 0.717) is 0 Å². The van der Waals surface area contributed by atoms with E-state index in [9.17, 15) is 4.79 Å². The van der Waals surface area contributed by atoms with Gasteiger partial charge in [-0.2, -0.15) is 0 Å². The normalized spacial score (nSPS) is 15.7. The topological polar surface area (TPSA) is 38.8 Å². The maximum absolute atomic E-state index is 12.2. The van der Waals surface area contributed by atoms with E-state index < -0.39 is 0 Å². The molecule has 0 atom stereocenters. The van der Waals surface area contributed by atoms with Gasteiger partial charge in [-0.1, -0.05) is 0 Å². The van der Waals surface area contributed by atoms with E-state index in [2.05, 4.69) is 39.4 Å². The lowest BCUT2D eigenvalue weighted by atomic mass is 10.1. The molecule has 1 saturated heterocycles. The number of benzene rings is 1. The van der Waals surface area contributed by atoms with E-state index >= 15 is 0 Å². The highest BCUT2D eigenvalue weighted by Crippen LogP contribution is 2.20. The molecule has 0 unspecified atom stereocenters. The number of hydrogen-bond donors (Lipinski definition) is 1. The van der Waals surface area contributed by atoms with Gasteiger partial charge in [0.2, 0.25) is 0 Å². The lowest BCUT2D eigenvalue weighted by molar-refractivity contribution is 0.185. The lowest BCUT2D eigenvalue weighted by Crippen LogP contribution is -2.55. The Balaban J connectivity index is 1.90. The minimum Gasteiger partial charge on any atom is -0.378 e. The average molecular weight is 304 g/mol. The molecule has 1 aliphatic heterocycles. The fourth-order valence-electron chi connectivity index (χ4n) is 2.53. The molecule has 122 valence electrons. The van der Waals surface area contributed by atoms with Crippen LogP contribution in [0.3, 0.4) is 0 Å². The lowest BCUT2D eigenvalue weighted by Gasteiger charge is -2.37. The summed E-state index contributed by atoms with van der Waals surface area (Å²) < 4.78 is 0. The SMILES string of the molecule is CN(C)c1ccc(N2CCN(C(=O)NC(C)(C)C)CC2)cc1. The highest BCUT2D eigenvalue weighted by atomic mass is 16.2. The van der Waals surface area contributed by atoms with Gasteiger partial charge < -0.3 is 20.0 Å². The van der Waals surface area contributed by atoms with Gasteiger partial charge in [0.05, 0.1) is 0 Å². The summed E-state index contributed by atoms with van der Waals surface area (Å²) in [6, 6.07) is 8.61. The number of urea groups is 1. The number of amides is 2. The number of hydrogen-bond acceptors (Lipinski definition) is 3. The number of piperazine rings is 1. The highest BCUT2D eigenvalue weighted by Gasteiger charge is 2.24. The Morgan fingerprint density at radius 2 is 1.59 bits per heavy atom. The molecule has 0 saturated carbocycles. The van der Waals surface area contributed by atoms with Gasteiger partial charge >= 0.3 is 6.03 Å². The molecule has 0 radical (unpaired) electrons. The molecular formula is C17H28N4O. The second-order valence-corrected chi connectivity index (χ2v) is 7.07. The minimum atomic E-state index is -0.184. The van der Waals surface area contributed by atoms with Crippen LogP contribution >= 0.6 is 0 Å². The summed E-state index contributed by atoms with van der Waals surface area (Å²) in [6.45, 7) is 9.29. The highest BCUT2D eigenvalue weighted by molar-refractivity contribution is 5.75. The number of anilines is 2. The molecule has 0 bridgehead atoms. The molecule has 5 heteroatoms. The fourth-order valence-corrected chi connectivity index (χ4v) is 2.53. The Morgan fingerprint density at radius 1 is 1.05 bits per heavy atom. The van der Waals surface area contributed by atoms with E-state index in [0.717, 1.165) is 26.2 Å². The molecule has 2 amide bonds. The van der Waals surface area contributed by atoms with Crippen LogP contribution in [-0.4, -0.2) is 56.7 Å². The third kappa shape index (κ3) is 4.29. The molecule has 0 aliphatic carbocycles. The van der Waals surface area contributed by atoms with Gasteiger partial charge in [0.15, 0.2) is 0 Å². The summed E-state index contributed by atoms with van der Waals surface area (Å²) in [5, 5.41) is 3.03. The first kappa shape index (κ1) is 16.5. The number of rotatable bonds is 2. The predicted molar refractivity (Wildman–Crippen MR) is 92.8 cm³/mol. The Kier molecular flexibility index (Phi) is 4.84. The van der Waals surface area contributed by atoms with Crippen LogP contribution < -0.4 is 15.1 Å². The van der Waals surface area contributed by atoms with Crippen molar-refractivity contribution in [1.29, 1.82) is 0 Å². The van der Waals surface area contributed by atoms with Crippen LogP contribution in [0.25, 0.3) is 0 Å². The number of carbonyl (C=O) groups is 1. The standard InChI is InChI=1S/C17H28N4O/c1-17(2,3)18-16(22)21-12-10-20(11-13-21)15-8-6-14(7-9-15)19(4)5/h6-9H,10-13H2,1-5H3,(H,18,22). The van der Waals surface area contributed by atoms with E-state index in [1.165, 1.54) is 11.4 Å². The Morgan fingerprint density at radius 3 is 2.05 bits per heavy atom. The smallest absolute Gasteiger partial charge is 0.317 e. The first-order valence-corrected chi connectivity index (χ1v) is 7.86. The molecular weight excluding hydrogens is 276 g/mol. The quantitative estimate of drug-likeness (QED) is 0.912. The van der Waals surface area contributed by atoms with Gasteiger partial charge in [0.25, 0.3) is 0 Å². The van der Waals surface area contributed by atoms with E-state index in [-0.39, 0.29) is 11.6 Å². The Hall–Kier alpha value is -1.91. The van der Waals surface area contributed by atoms with Crippen molar-refractivity contribution in [2.45, 2.75) is 26.3 Å². The third-order valence-electron chi connectivity index (χ3n) is 3.78. The molecule has 22 heavy (non-hydrogen) atoms. The van der Waals surface area contributed by atoms with Crippen LogP contribution in [0.15, 0.2) is 24.3 Å². The van der Waals surface area contributed by atoms with Gasteiger partial charge in [0, 0.05) is 57.2 Å². The molecule has 1 aromatic rings. The van der Waals surface area contributed by atoms with Crippen molar-refractivity contribution in [3.8, 4) is 0 Å². The molecule has 1 N–H and O–H groups in total. The summed E-state index contributed by atoms with van der Waals surface area (Å²) >= 11 is 0. The maximum atomic E-state index is 12.2.